The van der Waals surface area contributed by atoms with Crippen LogP contribution < -0.4 is 39.7 Å². The molecule has 1 amide bonds. The predicted molar refractivity (Wildman–Crippen MR) is 218 cm³/mol. The molecule has 0 aromatic heterocycles. The SMILES string of the molecule is NC[C@@H]1O[C@H](O[C@H]2[C@@H](O)[C@H](O[C@@H]3[C@@H](O)[C@H](N)C[C@H](N)[C@H]3O[C@H]3O[C@H](CN)[C@@H](O)[C@H](O)[C@H]3N)O[C@@H]2CNC(=O)Cc2ccc3ccc4cccc5ccc2c3c45)[C@H](N)[C@@H](O)[C@@H]1O. The Hall–Kier alpha value is -3.33. The van der Waals surface area contributed by atoms with Gasteiger partial charge in [0.15, 0.2) is 18.9 Å². The number of carbonyl (C=O) groups is 1. The van der Waals surface area contributed by atoms with Gasteiger partial charge in [-0.1, -0.05) is 54.6 Å². The minimum Gasteiger partial charge on any atom is -0.389 e. The number of rotatable bonds is 12. The van der Waals surface area contributed by atoms with Gasteiger partial charge < -0.3 is 98.8 Å². The molecule has 4 fully saturated rings. The van der Waals surface area contributed by atoms with Crippen molar-refractivity contribution in [2.45, 2.75) is 129 Å². The number of carbonyl (C=O) groups excluding carboxylic acids is 1. The topological polar surface area (TPSA) is 362 Å². The van der Waals surface area contributed by atoms with Gasteiger partial charge in [-0.3, -0.25) is 4.79 Å². The molecule has 1 aliphatic carbocycles. The number of nitrogens with one attached hydrogen (secondary N) is 1. The summed E-state index contributed by atoms with van der Waals surface area (Å²) in [6, 6.07) is 13.8. The summed E-state index contributed by atoms with van der Waals surface area (Å²) in [5.41, 5.74) is 37.5. The second kappa shape index (κ2) is 18.0. The highest BCUT2D eigenvalue weighted by Crippen LogP contribution is 2.37. The van der Waals surface area contributed by atoms with Crippen molar-refractivity contribution in [2.24, 2.45) is 34.4 Å². The monoisotopic (exact) mass is 855 g/mol. The second-order valence-corrected chi connectivity index (χ2v) is 16.6. The third-order valence-corrected chi connectivity index (χ3v) is 12.7. The van der Waals surface area contributed by atoms with Gasteiger partial charge in [0.2, 0.25) is 5.91 Å². The van der Waals surface area contributed by atoms with Crippen molar-refractivity contribution in [3.05, 3.63) is 60.2 Å². The van der Waals surface area contributed by atoms with E-state index in [1.54, 1.807) is 0 Å². The summed E-state index contributed by atoms with van der Waals surface area (Å²) in [5.74, 6) is -0.372. The van der Waals surface area contributed by atoms with Gasteiger partial charge in [0.1, 0.15) is 67.1 Å². The molecule has 1 saturated carbocycles. The molecule has 0 bridgehead atoms. The van der Waals surface area contributed by atoms with Crippen LogP contribution in [0.3, 0.4) is 0 Å². The van der Waals surface area contributed by atoms with E-state index in [1.165, 1.54) is 0 Å². The van der Waals surface area contributed by atoms with Crippen LogP contribution in [-0.4, -0.2) is 172 Å². The fourth-order valence-electron chi connectivity index (χ4n) is 9.16. The summed E-state index contributed by atoms with van der Waals surface area (Å²) in [5, 5.41) is 74.6. The maximum absolute atomic E-state index is 13.7. The van der Waals surface area contributed by atoms with E-state index in [2.05, 4.69) is 29.6 Å². The van der Waals surface area contributed by atoms with Crippen molar-refractivity contribution in [3.8, 4) is 0 Å². The van der Waals surface area contributed by atoms with Gasteiger partial charge >= 0.3 is 0 Å². The quantitative estimate of drug-likeness (QED) is 0.0596. The van der Waals surface area contributed by atoms with Crippen LogP contribution in [0.4, 0.5) is 0 Å². The highest BCUT2D eigenvalue weighted by atomic mass is 16.8. The highest BCUT2D eigenvalue weighted by Gasteiger charge is 2.54. The van der Waals surface area contributed by atoms with E-state index in [1.807, 2.05) is 30.3 Å². The van der Waals surface area contributed by atoms with Crippen LogP contribution in [0, 0.1) is 0 Å². The molecule has 3 heterocycles. The standard InChI is InChI=1S/C41H57N7O13/c42-12-22-31(51)33(53)28(46)39(56-22)59-36-21(45)11-20(44)30(50)38(36)61-41-35(55)37(60-40-29(47)34(54)32(52)23(13-43)57-40)24(58-41)14-48-25(49)10-18-7-6-17-5-4-15-2-1-3-16-8-9-19(18)27(17)26(15)16/h1-9,20-24,28-41,50-55H,10-14,42-47H2,(H,48,49)/t20-,21+,22-,23+,24-,28-,29-,30+,31-,32-,33-,34-,35-,36-,37-,38-,39-,40-,41+/m1/s1. The number of ether oxygens (including phenoxy) is 6. The van der Waals surface area contributed by atoms with Crippen LogP contribution >= 0.6 is 0 Å². The van der Waals surface area contributed by atoms with Gasteiger partial charge in [-0.25, -0.2) is 0 Å². The third kappa shape index (κ3) is 8.32. The van der Waals surface area contributed by atoms with Crippen molar-refractivity contribution in [1.29, 1.82) is 0 Å². The average molecular weight is 856 g/mol. The first-order valence-electron chi connectivity index (χ1n) is 20.6. The maximum atomic E-state index is 13.7. The summed E-state index contributed by atoms with van der Waals surface area (Å²) in [7, 11) is 0. The summed E-state index contributed by atoms with van der Waals surface area (Å²) in [6.07, 6.45) is -20.4. The number of benzene rings is 4. The largest absolute Gasteiger partial charge is 0.389 e. The third-order valence-electron chi connectivity index (χ3n) is 12.7. The molecule has 3 aliphatic heterocycles. The molecule has 0 unspecified atom stereocenters. The molecule has 0 radical (unpaired) electrons. The Balaban J connectivity index is 1.03. The van der Waals surface area contributed by atoms with E-state index in [-0.39, 0.29) is 38.4 Å². The molecule has 20 nitrogen and oxygen atoms in total. The fourth-order valence-corrected chi connectivity index (χ4v) is 9.16. The zero-order chi connectivity index (χ0) is 43.4. The Bertz CT molecular complexity index is 2120. The number of aliphatic hydroxyl groups is 6. The van der Waals surface area contributed by atoms with Crippen molar-refractivity contribution in [1.82, 2.24) is 5.32 Å². The van der Waals surface area contributed by atoms with Crippen LogP contribution in [0.5, 0.6) is 0 Å². The molecule has 20 heteroatoms. The van der Waals surface area contributed by atoms with Crippen LogP contribution in [0.1, 0.15) is 12.0 Å². The molecule has 3 saturated heterocycles. The molecule has 4 aliphatic rings. The molecule has 8 rings (SSSR count). The van der Waals surface area contributed by atoms with E-state index in [0.717, 1.165) is 37.9 Å². The minimum absolute atomic E-state index is 0.00105. The Morgan fingerprint density at radius 2 is 1.11 bits per heavy atom. The van der Waals surface area contributed by atoms with Crippen molar-refractivity contribution < 1.29 is 63.9 Å². The first-order chi connectivity index (χ1) is 29.2. The van der Waals surface area contributed by atoms with E-state index in [0.29, 0.717) is 0 Å². The molecule has 4 aromatic carbocycles. The smallest absolute Gasteiger partial charge is 0.224 e. The number of nitrogens with two attached hydrogens (primary N) is 6. The molecular formula is C41H57N7O13. The lowest BCUT2D eigenvalue weighted by atomic mass is 9.84. The summed E-state index contributed by atoms with van der Waals surface area (Å²) in [6.45, 7) is -0.594. The molecule has 4 aromatic rings. The lowest BCUT2D eigenvalue weighted by Crippen LogP contribution is -2.68. The van der Waals surface area contributed by atoms with Gasteiger partial charge in [-0.15, -0.1) is 0 Å². The number of aliphatic hydroxyl groups excluding tert-OH is 6. The van der Waals surface area contributed by atoms with Gasteiger partial charge in [0, 0.05) is 31.7 Å². The van der Waals surface area contributed by atoms with E-state index in [9.17, 15) is 35.4 Å². The normalized spacial score (nSPS) is 40.9. The van der Waals surface area contributed by atoms with Crippen LogP contribution in [0.25, 0.3) is 32.3 Å². The van der Waals surface area contributed by atoms with E-state index in [4.69, 9.17) is 62.8 Å². The number of hydrogen-bond acceptors (Lipinski definition) is 19. The summed E-state index contributed by atoms with van der Waals surface area (Å²) in [4.78, 5) is 13.7. The fraction of sp³-hybridized carbons (Fsp3) is 0.585. The minimum atomic E-state index is -1.66. The molecule has 61 heavy (non-hydrogen) atoms. The lowest BCUT2D eigenvalue weighted by molar-refractivity contribution is -0.306. The molecule has 334 valence electrons. The van der Waals surface area contributed by atoms with E-state index < -0.39 is 116 Å². The Morgan fingerprint density at radius 3 is 1.72 bits per heavy atom. The first kappa shape index (κ1) is 44.3. The van der Waals surface area contributed by atoms with Crippen molar-refractivity contribution in [2.75, 3.05) is 19.6 Å². The van der Waals surface area contributed by atoms with Crippen LogP contribution in [-0.2, 0) is 39.6 Å². The first-order valence-corrected chi connectivity index (χ1v) is 20.6. The van der Waals surface area contributed by atoms with Gasteiger partial charge in [-0.05, 0) is 44.3 Å². The Kier molecular flexibility index (Phi) is 13.1. The van der Waals surface area contributed by atoms with Gasteiger partial charge in [-0.2, -0.15) is 0 Å². The maximum Gasteiger partial charge on any atom is 0.224 e. The summed E-state index contributed by atoms with van der Waals surface area (Å²) < 4.78 is 36.4. The van der Waals surface area contributed by atoms with Crippen LogP contribution in [0.2, 0.25) is 0 Å². The Morgan fingerprint density at radius 1 is 0.590 bits per heavy atom. The number of hydrogen-bond donors (Lipinski definition) is 13. The van der Waals surface area contributed by atoms with Crippen molar-refractivity contribution >= 4 is 38.2 Å². The molecule has 19 atom stereocenters. The molecular weight excluding hydrogens is 798 g/mol. The number of amides is 1. The van der Waals surface area contributed by atoms with Gasteiger partial charge in [0.05, 0.1) is 24.6 Å². The lowest BCUT2D eigenvalue weighted by Gasteiger charge is -2.47. The van der Waals surface area contributed by atoms with Gasteiger partial charge in [0.25, 0.3) is 0 Å². The average Bonchev–Trinajstić information content (AvgIpc) is 3.55. The van der Waals surface area contributed by atoms with Crippen molar-refractivity contribution in [3.63, 3.8) is 0 Å². The highest BCUT2D eigenvalue weighted by molar-refractivity contribution is 6.23. The predicted octanol–water partition coefficient (Wildman–Crippen LogP) is -4.63. The second-order valence-electron chi connectivity index (χ2n) is 16.6. The Labute approximate surface area is 350 Å². The molecule has 0 spiro atoms. The zero-order valence-electron chi connectivity index (χ0n) is 33.2. The zero-order valence-corrected chi connectivity index (χ0v) is 33.2. The molecule has 19 N–H and O–H groups in total. The van der Waals surface area contributed by atoms with E-state index >= 15 is 0 Å². The van der Waals surface area contributed by atoms with Crippen LogP contribution in [0.15, 0.2) is 54.6 Å². The summed E-state index contributed by atoms with van der Waals surface area (Å²) >= 11 is 0.